The van der Waals surface area contributed by atoms with Gasteiger partial charge in [-0.15, -0.1) is 0 Å². The van der Waals surface area contributed by atoms with Crippen LogP contribution in [0.4, 0.5) is 4.79 Å². The van der Waals surface area contributed by atoms with Gasteiger partial charge in [0.25, 0.3) is 0 Å². The van der Waals surface area contributed by atoms with E-state index in [4.69, 9.17) is 4.74 Å². The van der Waals surface area contributed by atoms with Crippen molar-refractivity contribution in [3.05, 3.63) is 35.9 Å². The average molecular weight is 236 g/mol. The van der Waals surface area contributed by atoms with E-state index in [2.05, 4.69) is 5.32 Å². The van der Waals surface area contributed by atoms with Gasteiger partial charge in [-0.25, -0.2) is 4.79 Å². The lowest BCUT2D eigenvalue weighted by Gasteiger charge is -2.27. The van der Waals surface area contributed by atoms with E-state index >= 15 is 0 Å². The number of nitrogens with zero attached hydrogens (tertiary/aromatic N) is 1. The molecule has 0 bridgehead atoms. The van der Waals surface area contributed by atoms with Crippen molar-refractivity contribution >= 4 is 6.03 Å². The number of ether oxygens (including phenoxy) is 1. The topological polar surface area (TPSA) is 41.6 Å². The maximum atomic E-state index is 11.9. The molecule has 1 rings (SSSR count). The van der Waals surface area contributed by atoms with Gasteiger partial charge in [0.05, 0.1) is 0 Å². The Balaban J connectivity index is 2.63. The lowest BCUT2D eigenvalue weighted by molar-refractivity contribution is 0.144. The van der Waals surface area contributed by atoms with Crippen molar-refractivity contribution in [2.24, 2.45) is 0 Å². The first kappa shape index (κ1) is 13.5. The highest BCUT2D eigenvalue weighted by Crippen LogP contribution is 2.08. The molecule has 0 aliphatic rings. The molecule has 17 heavy (non-hydrogen) atoms. The van der Waals surface area contributed by atoms with Crippen molar-refractivity contribution < 1.29 is 9.53 Å². The van der Waals surface area contributed by atoms with E-state index in [0.717, 1.165) is 5.56 Å². The highest BCUT2D eigenvalue weighted by molar-refractivity contribution is 5.74. The van der Waals surface area contributed by atoms with Crippen molar-refractivity contribution in [3.8, 4) is 0 Å². The number of carbonyl (C=O) groups is 1. The molecule has 0 aliphatic heterocycles. The molecule has 4 heteroatoms. The number of rotatable bonds is 5. The van der Waals surface area contributed by atoms with E-state index in [1.165, 1.54) is 0 Å². The number of hydrogen-bond donors (Lipinski definition) is 1. The SMILES string of the molecule is COCNC(=O)N(Cc1ccccc1)C(C)C. The summed E-state index contributed by atoms with van der Waals surface area (Å²) in [6, 6.07) is 9.98. The summed E-state index contributed by atoms with van der Waals surface area (Å²) in [6.07, 6.45) is 0. The first-order chi connectivity index (χ1) is 8.15. The number of nitrogens with one attached hydrogen (secondary N) is 1. The zero-order valence-corrected chi connectivity index (χ0v) is 10.6. The van der Waals surface area contributed by atoms with Crippen molar-refractivity contribution in [1.29, 1.82) is 0 Å². The Bertz CT molecular complexity index is 339. The van der Waals surface area contributed by atoms with E-state index in [1.807, 2.05) is 44.2 Å². The standard InChI is InChI=1S/C13H20N2O2/c1-11(2)15(13(16)14-10-17-3)9-12-7-5-4-6-8-12/h4-8,11H,9-10H2,1-3H3,(H,14,16). The van der Waals surface area contributed by atoms with Crippen LogP contribution in [0.5, 0.6) is 0 Å². The van der Waals surface area contributed by atoms with Gasteiger partial charge in [0, 0.05) is 19.7 Å². The number of carbonyl (C=O) groups excluding carboxylic acids is 1. The van der Waals surface area contributed by atoms with Gasteiger partial charge in [-0.2, -0.15) is 0 Å². The summed E-state index contributed by atoms with van der Waals surface area (Å²) in [4.78, 5) is 13.7. The van der Waals surface area contributed by atoms with Gasteiger partial charge < -0.3 is 15.0 Å². The second-order valence-corrected chi connectivity index (χ2v) is 4.12. The Morgan fingerprint density at radius 1 is 1.35 bits per heavy atom. The molecule has 0 fully saturated rings. The van der Waals surface area contributed by atoms with Gasteiger partial charge in [-0.3, -0.25) is 0 Å². The number of methoxy groups -OCH3 is 1. The molecule has 0 heterocycles. The molecule has 94 valence electrons. The molecular formula is C13H20N2O2. The third-order valence-corrected chi connectivity index (χ3v) is 2.45. The van der Waals surface area contributed by atoms with E-state index in [9.17, 15) is 4.79 Å². The molecule has 0 aliphatic carbocycles. The number of hydrogen-bond acceptors (Lipinski definition) is 2. The molecule has 0 radical (unpaired) electrons. The van der Waals surface area contributed by atoms with Crippen molar-refractivity contribution in [2.75, 3.05) is 13.8 Å². The minimum absolute atomic E-state index is 0.106. The summed E-state index contributed by atoms with van der Waals surface area (Å²) < 4.78 is 4.83. The first-order valence-electron chi connectivity index (χ1n) is 5.72. The van der Waals surface area contributed by atoms with Crippen molar-refractivity contribution in [1.82, 2.24) is 10.2 Å². The summed E-state index contributed by atoms with van der Waals surface area (Å²) >= 11 is 0. The van der Waals surface area contributed by atoms with Crippen LogP contribution < -0.4 is 5.32 Å². The van der Waals surface area contributed by atoms with Crippen LogP contribution in [-0.2, 0) is 11.3 Å². The molecule has 4 nitrogen and oxygen atoms in total. The van der Waals surface area contributed by atoms with Gasteiger partial charge in [0.2, 0.25) is 0 Å². The van der Waals surface area contributed by atoms with E-state index in [-0.39, 0.29) is 18.8 Å². The molecule has 0 saturated carbocycles. The summed E-state index contributed by atoms with van der Waals surface area (Å²) in [5, 5.41) is 2.70. The second kappa shape index (κ2) is 6.91. The Morgan fingerprint density at radius 2 is 2.00 bits per heavy atom. The van der Waals surface area contributed by atoms with Crippen molar-refractivity contribution in [2.45, 2.75) is 26.4 Å². The third-order valence-electron chi connectivity index (χ3n) is 2.45. The summed E-state index contributed by atoms with van der Waals surface area (Å²) in [5.74, 6) is 0. The summed E-state index contributed by atoms with van der Waals surface area (Å²) in [6.45, 7) is 4.83. The minimum Gasteiger partial charge on any atom is -0.364 e. The zero-order valence-electron chi connectivity index (χ0n) is 10.6. The fraction of sp³-hybridized carbons (Fsp3) is 0.462. The van der Waals surface area contributed by atoms with Gasteiger partial charge in [-0.05, 0) is 19.4 Å². The van der Waals surface area contributed by atoms with E-state index in [0.29, 0.717) is 6.54 Å². The molecule has 1 N–H and O–H groups in total. The van der Waals surface area contributed by atoms with Gasteiger partial charge in [0.1, 0.15) is 6.73 Å². The number of amides is 2. The molecule has 0 saturated heterocycles. The second-order valence-electron chi connectivity index (χ2n) is 4.12. The molecule has 0 unspecified atom stereocenters. The molecule has 1 aromatic rings. The van der Waals surface area contributed by atoms with Crippen LogP contribution in [0.2, 0.25) is 0 Å². The normalized spacial score (nSPS) is 10.4. The summed E-state index contributed by atoms with van der Waals surface area (Å²) in [7, 11) is 1.55. The maximum Gasteiger partial charge on any atom is 0.319 e. The predicted molar refractivity (Wildman–Crippen MR) is 67.5 cm³/mol. The van der Waals surface area contributed by atoms with Crippen LogP contribution in [0.25, 0.3) is 0 Å². The minimum atomic E-state index is -0.106. The van der Waals surface area contributed by atoms with Gasteiger partial charge >= 0.3 is 6.03 Å². The Kier molecular flexibility index (Phi) is 5.49. The Labute approximate surface area is 103 Å². The molecule has 1 aromatic carbocycles. The first-order valence-corrected chi connectivity index (χ1v) is 5.72. The zero-order chi connectivity index (χ0) is 12.7. The molecule has 0 spiro atoms. The lowest BCUT2D eigenvalue weighted by atomic mass is 10.2. The predicted octanol–water partition coefficient (Wildman–Crippen LogP) is 2.21. The van der Waals surface area contributed by atoms with Crippen LogP contribution in [0.15, 0.2) is 30.3 Å². The van der Waals surface area contributed by atoms with E-state index in [1.54, 1.807) is 12.0 Å². The van der Waals surface area contributed by atoms with Gasteiger partial charge in [-0.1, -0.05) is 30.3 Å². The smallest absolute Gasteiger partial charge is 0.319 e. The number of urea groups is 1. The highest BCUT2D eigenvalue weighted by atomic mass is 16.5. The van der Waals surface area contributed by atoms with Crippen molar-refractivity contribution in [3.63, 3.8) is 0 Å². The highest BCUT2D eigenvalue weighted by Gasteiger charge is 2.16. The van der Waals surface area contributed by atoms with Gasteiger partial charge in [0.15, 0.2) is 0 Å². The third kappa shape index (κ3) is 4.44. The lowest BCUT2D eigenvalue weighted by Crippen LogP contribution is -2.44. The average Bonchev–Trinajstić information content (AvgIpc) is 2.34. The maximum absolute atomic E-state index is 11.9. The van der Waals surface area contributed by atoms with Crippen LogP contribution in [-0.4, -0.2) is 30.8 Å². The Morgan fingerprint density at radius 3 is 2.53 bits per heavy atom. The monoisotopic (exact) mass is 236 g/mol. The van der Waals surface area contributed by atoms with Crippen LogP contribution in [0.3, 0.4) is 0 Å². The van der Waals surface area contributed by atoms with Crippen LogP contribution in [0, 0.1) is 0 Å². The quantitative estimate of drug-likeness (QED) is 0.796. The number of benzene rings is 1. The van der Waals surface area contributed by atoms with E-state index < -0.39 is 0 Å². The molecule has 0 atom stereocenters. The van der Waals surface area contributed by atoms with Crippen LogP contribution in [0.1, 0.15) is 19.4 Å². The largest absolute Gasteiger partial charge is 0.364 e. The fourth-order valence-corrected chi connectivity index (χ4v) is 1.50. The fourth-order valence-electron chi connectivity index (χ4n) is 1.50. The summed E-state index contributed by atoms with van der Waals surface area (Å²) in [5.41, 5.74) is 1.12. The molecule has 2 amide bonds. The molecule has 0 aromatic heterocycles. The Hall–Kier alpha value is -1.55. The van der Waals surface area contributed by atoms with Crippen LogP contribution >= 0.6 is 0 Å². The molecular weight excluding hydrogens is 216 g/mol.